The Labute approximate surface area is 122 Å². The maximum absolute atomic E-state index is 12.5. The number of carboxylic acids is 1. The molecule has 1 aliphatic rings. The van der Waals surface area contributed by atoms with E-state index in [9.17, 15) is 22.8 Å². The summed E-state index contributed by atoms with van der Waals surface area (Å²) in [5.41, 5.74) is -0.301. The molecule has 4 nitrogen and oxygen atoms in total. The van der Waals surface area contributed by atoms with Crippen molar-refractivity contribution >= 4 is 23.6 Å². The van der Waals surface area contributed by atoms with Gasteiger partial charge in [-0.1, -0.05) is 12.1 Å². The quantitative estimate of drug-likeness (QED) is 0.911. The second-order valence-corrected chi connectivity index (χ2v) is 5.70. The van der Waals surface area contributed by atoms with Crippen LogP contribution in [0, 0.1) is 0 Å². The molecule has 0 saturated carbocycles. The number of benzene rings is 1. The van der Waals surface area contributed by atoms with E-state index in [0.29, 0.717) is 5.56 Å². The minimum Gasteiger partial charge on any atom is -0.480 e. The van der Waals surface area contributed by atoms with Crippen molar-refractivity contribution in [2.75, 3.05) is 5.75 Å². The second kappa shape index (κ2) is 5.59. The van der Waals surface area contributed by atoms with Gasteiger partial charge in [0.05, 0.1) is 5.56 Å². The summed E-state index contributed by atoms with van der Waals surface area (Å²) in [5, 5.41) is 8.51. The lowest BCUT2D eigenvalue weighted by Gasteiger charge is -2.26. The smallest absolute Gasteiger partial charge is 0.416 e. The van der Waals surface area contributed by atoms with Crippen LogP contribution in [0.4, 0.5) is 13.2 Å². The zero-order valence-corrected chi connectivity index (χ0v) is 11.7. The first-order valence-corrected chi connectivity index (χ1v) is 7.07. The van der Waals surface area contributed by atoms with Crippen LogP contribution in [0.25, 0.3) is 0 Å². The molecule has 0 aromatic heterocycles. The second-order valence-electron chi connectivity index (χ2n) is 4.59. The first-order valence-electron chi connectivity index (χ1n) is 6.02. The number of hydrogen-bond acceptors (Lipinski definition) is 3. The first-order chi connectivity index (χ1) is 9.71. The van der Waals surface area contributed by atoms with Gasteiger partial charge in [0.15, 0.2) is 0 Å². The Hall–Kier alpha value is -1.70. The summed E-state index contributed by atoms with van der Waals surface area (Å²) in [5.74, 6) is -1.33. The molecule has 2 unspecified atom stereocenters. The van der Waals surface area contributed by atoms with E-state index in [1.807, 2.05) is 0 Å². The number of halogens is 3. The lowest BCUT2D eigenvalue weighted by Crippen LogP contribution is -2.41. The third-order valence-corrected chi connectivity index (χ3v) is 4.50. The number of amides is 1. The average Bonchev–Trinajstić information content (AvgIpc) is 2.82. The number of hydrogen-bond donors (Lipinski definition) is 1. The van der Waals surface area contributed by atoms with Crippen LogP contribution in [0.3, 0.4) is 0 Å². The number of nitrogens with zero attached hydrogens (tertiary/aromatic N) is 1. The fourth-order valence-electron chi connectivity index (χ4n) is 2.17. The highest BCUT2D eigenvalue weighted by atomic mass is 32.2. The van der Waals surface area contributed by atoms with Crippen LogP contribution in [0.1, 0.15) is 23.4 Å². The van der Waals surface area contributed by atoms with E-state index >= 15 is 0 Å². The van der Waals surface area contributed by atoms with Gasteiger partial charge in [-0.15, -0.1) is 11.8 Å². The Balaban J connectivity index is 2.29. The van der Waals surface area contributed by atoms with Crippen molar-refractivity contribution in [2.24, 2.45) is 0 Å². The molecule has 1 amide bonds. The van der Waals surface area contributed by atoms with Crippen molar-refractivity contribution in [3.8, 4) is 0 Å². The molecule has 1 fully saturated rings. The minimum atomic E-state index is -4.43. The average molecular weight is 319 g/mol. The molecule has 21 heavy (non-hydrogen) atoms. The van der Waals surface area contributed by atoms with Gasteiger partial charge >= 0.3 is 12.1 Å². The molecule has 1 aromatic carbocycles. The van der Waals surface area contributed by atoms with E-state index in [1.165, 1.54) is 35.7 Å². The van der Waals surface area contributed by atoms with Gasteiger partial charge in [-0.25, -0.2) is 4.79 Å². The van der Waals surface area contributed by atoms with Crippen molar-refractivity contribution in [3.63, 3.8) is 0 Å². The minimum absolute atomic E-state index is 0.209. The Morgan fingerprint density at radius 3 is 2.29 bits per heavy atom. The number of aliphatic carboxylic acids is 1. The molecular weight excluding hydrogens is 307 g/mol. The Morgan fingerprint density at radius 1 is 1.29 bits per heavy atom. The molecule has 1 heterocycles. The number of alkyl halides is 3. The van der Waals surface area contributed by atoms with E-state index in [-0.39, 0.29) is 5.75 Å². The standard InChI is InChI=1S/C13H12F3NO3S/c1-7(18)17-10(12(19)20)6-21-11(17)8-2-4-9(5-3-8)13(14,15)16/h2-5,10-11H,6H2,1H3,(H,19,20). The van der Waals surface area contributed by atoms with Crippen LogP contribution < -0.4 is 0 Å². The van der Waals surface area contributed by atoms with E-state index in [0.717, 1.165) is 12.1 Å². The summed E-state index contributed by atoms with van der Waals surface area (Å²) in [6, 6.07) is 3.46. The van der Waals surface area contributed by atoms with Gasteiger partial charge in [0.2, 0.25) is 5.91 Å². The summed E-state index contributed by atoms with van der Waals surface area (Å²) < 4.78 is 37.6. The van der Waals surface area contributed by atoms with Crippen molar-refractivity contribution < 1.29 is 27.9 Å². The maximum atomic E-state index is 12.5. The molecule has 2 rings (SSSR count). The molecule has 1 aromatic rings. The summed E-state index contributed by atoms with van der Waals surface area (Å²) in [7, 11) is 0. The number of thioether (sulfide) groups is 1. The van der Waals surface area contributed by atoms with E-state index in [1.54, 1.807) is 0 Å². The van der Waals surface area contributed by atoms with Crippen molar-refractivity contribution in [1.82, 2.24) is 4.90 Å². The van der Waals surface area contributed by atoms with Gasteiger partial charge in [0.25, 0.3) is 0 Å². The van der Waals surface area contributed by atoms with Crippen LogP contribution in [-0.2, 0) is 15.8 Å². The highest BCUT2D eigenvalue weighted by Crippen LogP contribution is 2.42. The molecule has 8 heteroatoms. The number of carbonyl (C=O) groups excluding carboxylic acids is 1. The summed E-state index contributed by atoms with van der Waals surface area (Å²) >= 11 is 1.22. The number of carboxylic acid groups (broad SMARTS) is 1. The SMILES string of the molecule is CC(=O)N1C(C(=O)O)CSC1c1ccc(C(F)(F)F)cc1. The van der Waals surface area contributed by atoms with Crippen LogP contribution in [0.5, 0.6) is 0 Å². The molecule has 0 radical (unpaired) electrons. The fourth-order valence-corrected chi connectivity index (χ4v) is 3.65. The van der Waals surface area contributed by atoms with Gasteiger partial charge in [-0.3, -0.25) is 4.79 Å². The maximum Gasteiger partial charge on any atom is 0.416 e. The first kappa shape index (κ1) is 15.7. The Kier molecular flexibility index (Phi) is 4.18. The van der Waals surface area contributed by atoms with E-state index in [4.69, 9.17) is 5.11 Å². The zero-order chi connectivity index (χ0) is 15.8. The van der Waals surface area contributed by atoms with Crippen LogP contribution in [0.15, 0.2) is 24.3 Å². The number of carbonyl (C=O) groups is 2. The predicted octanol–water partition coefficient (Wildman–Crippen LogP) is 2.75. The van der Waals surface area contributed by atoms with E-state index in [2.05, 4.69) is 0 Å². The number of rotatable bonds is 2. The van der Waals surface area contributed by atoms with Crippen molar-refractivity contribution in [1.29, 1.82) is 0 Å². The van der Waals surface area contributed by atoms with E-state index < -0.39 is 35.0 Å². The monoisotopic (exact) mass is 319 g/mol. The lowest BCUT2D eigenvalue weighted by molar-refractivity contribution is -0.148. The molecule has 1 saturated heterocycles. The summed E-state index contributed by atoms with van der Waals surface area (Å²) in [6.07, 6.45) is -4.43. The highest BCUT2D eigenvalue weighted by molar-refractivity contribution is 7.99. The van der Waals surface area contributed by atoms with Crippen molar-refractivity contribution in [2.45, 2.75) is 24.5 Å². The summed E-state index contributed by atoms with van der Waals surface area (Å²) in [6.45, 7) is 1.25. The van der Waals surface area contributed by atoms with Crippen LogP contribution in [0.2, 0.25) is 0 Å². The summed E-state index contributed by atoms with van der Waals surface area (Å²) in [4.78, 5) is 24.0. The molecule has 1 N–H and O–H groups in total. The highest BCUT2D eigenvalue weighted by Gasteiger charge is 2.41. The lowest BCUT2D eigenvalue weighted by atomic mass is 10.1. The third-order valence-electron chi connectivity index (χ3n) is 3.17. The molecule has 0 bridgehead atoms. The Bertz CT molecular complexity index is 559. The molecule has 114 valence electrons. The zero-order valence-electron chi connectivity index (χ0n) is 10.9. The third kappa shape index (κ3) is 3.15. The van der Waals surface area contributed by atoms with Gasteiger partial charge in [-0.2, -0.15) is 13.2 Å². The van der Waals surface area contributed by atoms with Gasteiger partial charge in [0, 0.05) is 12.7 Å². The fraction of sp³-hybridized carbons (Fsp3) is 0.385. The normalized spacial score (nSPS) is 22.4. The Morgan fingerprint density at radius 2 is 1.86 bits per heavy atom. The van der Waals surface area contributed by atoms with Crippen LogP contribution >= 0.6 is 11.8 Å². The van der Waals surface area contributed by atoms with Crippen LogP contribution in [-0.4, -0.2) is 33.7 Å². The molecule has 2 atom stereocenters. The largest absolute Gasteiger partial charge is 0.480 e. The van der Waals surface area contributed by atoms with Gasteiger partial charge < -0.3 is 10.0 Å². The van der Waals surface area contributed by atoms with Gasteiger partial charge in [0.1, 0.15) is 11.4 Å². The molecule has 0 aliphatic carbocycles. The molecule has 0 spiro atoms. The molecule has 1 aliphatic heterocycles. The predicted molar refractivity (Wildman–Crippen MR) is 70.6 cm³/mol. The topological polar surface area (TPSA) is 57.6 Å². The van der Waals surface area contributed by atoms with Crippen molar-refractivity contribution in [3.05, 3.63) is 35.4 Å². The molecular formula is C13H12F3NO3S. The van der Waals surface area contributed by atoms with Gasteiger partial charge in [-0.05, 0) is 17.7 Å².